The lowest BCUT2D eigenvalue weighted by Crippen LogP contribution is -2.37. The van der Waals surface area contributed by atoms with E-state index in [2.05, 4.69) is 78.9 Å². The van der Waals surface area contributed by atoms with E-state index in [0.717, 1.165) is 12.2 Å². The van der Waals surface area contributed by atoms with Crippen LogP contribution in [-0.4, -0.2) is 52.7 Å². The quantitative estimate of drug-likeness (QED) is 0.175. The van der Waals surface area contributed by atoms with Crippen molar-refractivity contribution in [3.63, 3.8) is 0 Å². The zero-order valence-electron chi connectivity index (χ0n) is 21.8. The van der Waals surface area contributed by atoms with Crippen molar-refractivity contribution in [1.82, 2.24) is 13.8 Å². The summed E-state index contributed by atoms with van der Waals surface area (Å²) in [5.41, 5.74) is 0.869. The SMILES string of the molecule is CCCCCN(CC)P(c1ccccc1)N(C)P(C1CCCCC1)N(CC)CCCCC. The van der Waals surface area contributed by atoms with Gasteiger partial charge in [0, 0.05) is 45.4 Å². The first-order valence-electron chi connectivity index (χ1n) is 13.5. The molecule has 0 radical (unpaired) electrons. The second-order valence-electron chi connectivity index (χ2n) is 9.23. The molecule has 1 aliphatic carbocycles. The van der Waals surface area contributed by atoms with Crippen molar-refractivity contribution in [2.24, 2.45) is 0 Å². The van der Waals surface area contributed by atoms with E-state index in [4.69, 9.17) is 0 Å². The van der Waals surface area contributed by atoms with Crippen LogP contribution in [0, 0.1) is 0 Å². The Labute approximate surface area is 203 Å². The first-order chi connectivity index (χ1) is 15.7. The van der Waals surface area contributed by atoms with Crippen LogP contribution in [0.25, 0.3) is 0 Å². The van der Waals surface area contributed by atoms with E-state index < -0.39 is 8.22 Å². The molecule has 0 heterocycles. The molecule has 1 saturated carbocycles. The standard InChI is InChI=1S/C27H51N3P2/c1-6-10-18-24-29(8-3)31(26-20-14-12-15-21-26)28(5)32(27-22-16-13-17-23-27)30(9-4)25-19-11-7-2/h12,14-15,20-21,27H,6-11,13,16-19,22-25H2,1-5H3. The fraction of sp³-hybridized carbons (Fsp3) is 0.778. The maximum atomic E-state index is 2.90. The van der Waals surface area contributed by atoms with E-state index >= 15 is 0 Å². The fourth-order valence-electron chi connectivity index (χ4n) is 5.00. The van der Waals surface area contributed by atoms with E-state index in [1.165, 1.54) is 95.6 Å². The summed E-state index contributed by atoms with van der Waals surface area (Å²) in [7, 11) is 1.74. The second kappa shape index (κ2) is 16.6. The average Bonchev–Trinajstić information content (AvgIpc) is 2.84. The van der Waals surface area contributed by atoms with E-state index in [-0.39, 0.29) is 8.22 Å². The Kier molecular flexibility index (Phi) is 14.6. The van der Waals surface area contributed by atoms with Crippen molar-refractivity contribution in [1.29, 1.82) is 0 Å². The number of hydrogen-bond acceptors (Lipinski definition) is 3. The molecule has 0 aliphatic heterocycles. The highest BCUT2D eigenvalue weighted by molar-refractivity contribution is 7.72. The molecule has 0 bridgehead atoms. The van der Waals surface area contributed by atoms with Crippen molar-refractivity contribution >= 4 is 21.8 Å². The largest absolute Gasteiger partial charge is 0.270 e. The Morgan fingerprint density at radius 1 is 0.750 bits per heavy atom. The predicted octanol–water partition coefficient (Wildman–Crippen LogP) is 8.22. The van der Waals surface area contributed by atoms with Crippen LogP contribution in [0.1, 0.15) is 98.3 Å². The summed E-state index contributed by atoms with van der Waals surface area (Å²) >= 11 is 0. The van der Waals surface area contributed by atoms with Gasteiger partial charge in [0.25, 0.3) is 0 Å². The van der Waals surface area contributed by atoms with Crippen LogP contribution in [0.15, 0.2) is 30.3 Å². The van der Waals surface area contributed by atoms with Gasteiger partial charge in [-0.1, -0.05) is 103 Å². The van der Waals surface area contributed by atoms with E-state index in [0.29, 0.717) is 0 Å². The smallest absolute Gasteiger partial charge is 0.0769 e. The Morgan fingerprint density at radius 2 is 1.31 bits per heavy atom. The maximum Gasteiger partial charge on any atom is 0.0769 e. The molecule has 2 atom stereocenters. The lowest BCUT2D eigenvalue weighted by molar-refractivity contribution is 0.408. The van der Waals surface area contributed by atoms with Crippen molar-refractivity contribution in [3.05, 3.63) is 30.3 Å². The van der Waals surface area contributed by atoms with Gasteiger partial charge in [-0.3, -0.25) is 9.34 Å². The molecule has 1 aromatic carbocycles. The maximum absolute atomic E-state index is 2.90. The summed E-state index contributed by atoms with van der Waals surface area (Å²) in [5.74, 6) is 0. The monoisotopic (exact) mass is 479 g/mol. The number of nitrogens with zero attached hydrogens (tertiary/aromatic N) is 3. The van der Waals surface area contributed by atoms with Crippen molar-refractivity contribution in [2.75, 3.05) is 33.2 Å². The molecule has 0 aromatic heterocycles. The van der Waals surface area contributed by atoms with Crippen LogP contribution in [-0.2, 0) is 0 Å². The Bertz CT molecular complexity index is 580. The van der Waals surface area contributed by atoms with Gasteiger partial charge >= 0.3 is 0 Å². The summed E-state index contributed by atoms with van der Waals surface area (Å²) < 4.78 is 8.62. The van der Waals surface area contributed by atoms with Crippen LogP contribution in [0.2, 0.25) is 0 Å². The highest BCUT2D eigenvalue weighted by Crippen LogP contribution is 2.62. The van der Waals surface area contributed by atoms with Crippen LogP contribution >= 0.6 is 16.4 Å². The number of benzene rings is 1. The molecule has 1 aliphatic rings. The normalized spacial score (nSPS) is 17.4. The van der Waals surface area contributed by atoms with Crippen LogP contribution in [0.4, 0.5) is 0 Å². The first kappa shape index (κ1) is 28.2. The third kappa shape index (κ3) is 8.63. The molecule has 1 fully saturated rings. The Balaban J connectivity index is 2.36. The predicted molar refractivity (Wildman–Crippen MR) is 148 cm³/mol. The fourth-order valence-corrected chi connectivity index (χ4v) is 12.0. The van der Waals surface area contributed by atoms with E-state index in [1.807, 2.05) is 0 Å². The molecule has 184 valence electrons. The Morgan fingerprint density at radius 3 is 1.84 bits per heavy atom. The van der Waals surface area contributed by atoms with Gasteiger partial charge in [0.1, 0.15) is 0 Å². The lowest BCUT2D eigenvalue weighted by atomic mass is 10.0. The Hall–Kier alpha value is -0.0400. The van der Waals surface area contributed by atoms with Crippen molar-refractivity contribution in [2.45, 2.75) is 104 Å². The molecule has 32 heavy (non-hydrogen) atoms. The molecular weight excluding hydrogens is 428 g/mol. The second-order valence-corrected chi connectivity index (χ2v) is 14.3. The molecule has 0 amide bonds. The van der Waals surface area contributed by atoms with Crippen LogP contribution in [0.3, 0.4) is 0 Å². The summed E-state index contributed by atoms with van der Waals surface area (Å²) in [6, 6.07) is 11.5. The third-order valence-corrected chi connectivity index (χ3v) is 13.0. The molecule has 2 unspecified atom stereocenters. The molecule has 5 heteroatoms. The van der Waals surface area contributed by atoms with Gasteiger partial charge in [-0.25, -0.2) is 4.44 Å². The van der Waals surface area contributed by atoms with Gasteiger partial charge in [-0.05, 0) is 32.7 Å². The van der Waals surface area contributed by atoms with Gasteiger partial charge in [-0.15, -0.1) is 0 Å². The average molecular weight is 480 g/mol. The van der Waals surface area contributed by atoms with Crippen LogP contribution in [0.5, 0.6) is 0 Å². The highest BCUT2D eigenvalue weighted by atomic mass is 31.2. The van der Waals surface area contributed by atoms with Gasteiger partial charge in [0.2, 0.25) is 0 Å². The molecule has 2 rings (SSSR count). The highest BCUT2D eigenvalue weighted by Gasteiger charge is 2.37. The van der Waals surface area contributed by atoms with Gasteiger partial charge in [0.15, 0.2) is 0 Å². The molecular formula is C27H51N3P2. The molecule has 1 aromatic rings. The van der Waals surface area contributed by atoms with Gasteiger partial charge < -0.3 is 0 Å². The lowest BCUT2D eigenvalue weighted by Gasteiger charge is -2.48. The minimum absolute atomic E-state index is 0.286. The topological polar surface area (TPSA) is 9.72 Å². The first-order valence-corrected chi connectivity index (χ1v) is 16.1. The third-order valence-electron chi connectivity index (χ3n) is 6.79. The summed E-state index contributed by atoms with van der Waals surface area (Å²) in [5, 5.41) is 1.54. The van der Waals surface area contributed by atoms with E-state index in [9.17, 15) is 0 Å². The zero-order valence-corrected chi connectivity index (χ0v) is 23.6. The number of rotatable bonds is 16. The summed E-state index contributed by atoms with van der Waals surface area (Å²) in [6.07, 6.45) is 15.1. The van der Waals surface area contributed by atoms with Crippen LogP contribution < -0.4 is 5.30 Å². The minimum Gasteiger partial charge on any atom is -0.270 e. The molecule has 0 saturated heterocycles. The summed E-state index contributed by atoms with van der Waals surface area (Å²) in [4.78, 5) is 0. The van der Waals surface area contributed by atoms with Crippen molar-refractivity contribution in [3.8, 4) is 0 Å². The van der Waals surface area contributed by atoms with Gasteiger partial charge in [-0.2, -0.15) is 0 Å². The number of hydrogen-bond donors (Lipinski definition) is 0. The molecule has 3 nitrogen and oxygen atoms in total. The van der Waals surface area contributed by atoms with Crippen molar-refractivity contribution < 1.29 is 0 Å². The minimum atomic E-state index is -0.464. The number of unbranched alkanes of at least 4 members (excludes halogenated alkanes) is 4. The van der Waals surface area contributed by atoms with Gasteiger partial charge in [0.05, 0.1) is 8.22 Å². The van der Waals surface area contributed by atoms with E-state index in [1.54, 1.807) is 0 Å². The summed E-state index contributed by atoms with van der Waals surface area (Å²) in [6.45, 7) is 14.3. The molecule has 0 N–H and O–H groups in total. The molecule has 0 spiro atoms. The zero-order chi connectivity index (χ0) is 23.2.